The number of fused-ring (bicyclic) bond motifs is 2. The number of aryl methyl sites for hydroxylation is 2. The fourth-order valence-corrected chi connectivity index (χ4v) is 4.63. The maximum atomic E-state index is 3.66. The Kier molecular flexibility index (Phi) is 10.3. The third-order valence-corrected chi connectivity index (χ3v) is 6.69. The molecule has 0 aliphatic heterocycles. The summed E-state index contributed by atoms with van der Waals surface area (Å²) in [5, 5.41) is 0. The summed E-state index contributed by atoms with van der Waals surface area (Å²) in [7, 11) is 0. The predicted octanol–water partition coefficient (Wildman–Crippen LogP) is 9.98. The first kappa shape index (κ1) is 25.3. The van der Waals surface area contributed by atoms with Crippen molar-refractivity contribution in [1.82, 2.24) is 0 Å². The maximum Gasteiger partial charge on any atom is 0.00658 e. The molecule has 3 aliphatic carbocycles. The molecule has 0 aromatic heterocycles. The van der Waals surface area contributed by atoms with Crippen molar-refractivity contribution in [3.8, 4) is 0 Å². The molecule has 0 N–H and O–H groups in total. The van der Waals surface area contributed by atoms with Crippen molar-refractivity contribution in [3.63, 3.8) is 0 Å². The van der Waals surface area contributed by atoms with Crippen molar-refractivity contribution < 1.29 is 0 Å². The Bertz CT molecular complexity index is 909. The molecule has 0 radical (unpaired) electrons. The highest BCUT2D eigenvalue weighted by molar-refractivity contribution is 5.72. The van der Waals surface area contributed by atoms with Crippen molar-refractivity contribution in [2.75, 3.05) is 0 Å². The first-order valence-corrected chi connectivity index (χ1v) is 13.3. The van der Waals surface area contributed by atoms with E-state index in [0.29, 0.717) is 0 Å². The van der Waals surface area contributed by atoms with E-state index in [-0.39, 0.29) is 5.41 Å². The van der Waals surface area contributed by atoms with Crippen molar-refractivity contribution >= 4 is 11.6 Å². The number of benzene rings is 2. The lowest BCUT2D eigenvalue weighted by molar-refractivity contribution is 0.567. The fraction of sp³-hybridized carbons (Fsp3) is 0.485. The van der Waals surface area contributed by atoms with Crippen molar-refractivity contribution in [3.05, 3.63) is 88.7 Å². The SMILES string of the molecule is CC(C)(C)C1=C=Cc2ccc(cc2)CCCCCC/C=C/CCCCCCc2ccc1cc2. The van der Waals surface area contributed by atoms with E-state index in [1.165, 1.54) is 105 Å². The van der Waals surface area contributed by atoms with Crippen molar-refractivity contribution in [2.24, 2.45) is 5.41 Å². The molecule has 2 aromatic rings. The quantitative estimate of drug-likeness (QED) is 0.282. The van der Waals surface area contributed by atoms with Crippen LogP contribution in [0.25, 0.3) is 11.6 Å². The molecule has 176 valence electrons. The molecule has 33 heavy (non-hydrogen) atoms. The Morgan fingerprint density at radius 1 is 0.576 bits per heavy atom. The van der Waals surface area contributed by atoms with Crippen LogP contribution >= 0.6 is 0 Å². The second kappa shape index (κ2) is 13.4. The molecule has 0 saturated carbocycles. The van der Waals surface area contributed by atoms with Gasteiger partial charge >= 0.3 is 0 Å². The van der Waals surface area contributed by atoms with Crippen LogP contribution in [-0.2, 0) is 12.8 Å². The van der Waals surface area contributed by atoms with Crippen LogP contribution in [0.15, 0.2) is 66.4 Å². The van der Waals surface area contributed by atoms with Crippen LogP contribution in [-0.4, -0.2) is 0 Å². The van der Waals surface area contributed by atoms with Gasteiger partial charge in [0.15, 0.2) is 0 Å². The summed E-state index contributed by atoms with van der Waals surface area (Å²) in [5.41, 5.74) is 10.4. The van der Waals surface area contributed by atoms with E-state index in [0.717, 1.165) is 0 Å². The molecular weight excluding hydrogens is 396 g/mol. The van der Waals surface area contributed by atoms with Gasteiger partial charge in [-0.2, -0.15) is 0 Å². The van der Waals surface area contributed by atoms with Gasteiger partial charge in [-0.05, 0) is 85.1 Å². The largest absolute Gasteiger partial charge is 0.116 e. The van der Waals surface area contributed by atoms with Crippen LogP contribution in [0.2, 0.25) is 0 Å². The van der Waals surface area contributed by atoms with Gasteiger partial charge in [-0.3, -0.25) is 0 Å². The molecule has 0 heteroatoms. The molecule has 0 unspecified atom stereocenters. The highest BCUT2D eigenvalue weighted by atomic mass is 14.2. The third-order valence-electron chi connectivity index (χ3n) is 6.69. The number of allylic oxidation sites excluding steroid dienone is 3. The van der Waals surface area contributed by atoms with Crippen molar-refractivity contribution in [1.29, 1.82) is 0 Å². The zero-order chi connectivity index (χ0) is 23.4. The van der Waals surface area contributed by atoms with Crippen LogP contribution in [0.4, 0.5) is 0 Å². The fourth-order valence-electron chi connectivity index (χ4n) is 4.63. The minimum atomic E-state index is 0.0517. The van der Waals surface area contributed by atoms with Crippen LogP contribution in [0.1, 0.15) is 107 Å². The molecule has 0 saturated heterocycles. The Hall–Kier alpha value is -2.30. The second-order valence-electron chi connectivity index (χ2n) is 10.7. The van der Waals surface area contributed by atoms with E-state index >= 15 is 0 Å². The minimum Gasteiger partial charge on any atom is -0.116 e. The molecule has 0 nitrogen and oxygen atoms in total. The van der Waals surface area contributed by atoms with Gasteiger partial charge in [0.05, 0.1) is 0 Å². The maximum absolute atomic E-state index is 3.66. The van der Waals surface area contributed by atoms with Gasteiger partial charge in [-0.25, -0.2) is 0 Å². The van der Waals surface area contributed by atoms with E-state index in [9.17, 15) is 0 Å². The number of hydrogen-bond donors (Lipinski definition) is 0. The molecular formula is C33H44. The van der Waals surface area contributed by atoms with Gasteiger partial charge in [0.2, 0.25) is 0 Å². The van der Waals surface area contributed by atoms with Gasteiger partial charge < -0.3 is 0 Å². The molecule has 0 atom stereocenters. The zero-order valence-electron chi connectivity index (χ0n) is 21.3. The van der Waals surface area contributed by atoms with E-state index in [2.05, 4.69) is 93.3 Å². The van der Waals surface area contributed by atoms with E-state index < -0.39 is 0 Å². The summed E-state index contributed by atoms with van der Waals surface area (Å²) in [4.78, 5) is 0. The standard InChI is InChI=1S/C33H44/c1-33(2,3)32-27-24-30-20-18-28(19-21-30)16-14-12-10-8-6-4-5-7-9-11-13-15-17-29-22-25-31(32)26-23-29/h4-5,18-26H,6-17H2,1-3H3/b5-4+. The van der Waals surface area contributed by atoms with Crippen LogP contribution in [0, 0.1) is 5.41 Å². The number of hydrogen-bond acceptors (Lipinski definition) is 0. The van der Waals surface area contributed by atoms with Gasteiger partial charge in [0.25, 0.3) is 0 Å². The molecule has 5 rings (SSSR count). The molecule has 0 heterocycles. The highest BCUT2D eigenvalue weighted by Gasteiger charge is 2.18. The average Bonchev–Trinajstić information content (AvgIpc) is 2.80. The molecule has 0 fully saturated rings. The zero-order valence-corrected chi connectivity index (χ0v) is 21.3. The first-order chi connectivity index (χ1) is 16.0. The monoisotopic (exact) mass is 440 g/mol. The first-order valence-electron chi connectivity index (χ1n) is 13.3. The lowest BCUT2D eigenvalue weighted by atomic mass is 9.82. The van der Waals surface area contributed by atoms with E-state index in [1.54, 1.807) is 0 Å². The van der Waals surface area contributed by atoms with E-state index in [1.807, 2.05) is 0 Å². The Morgan fingerprint density at radius 2 is 1.06 bits per heavy atom. The topological polar surface area (TPSA) is 0 Å². The Morgan fingerprint density at radius 3 is 1.58 bits per heavy atom. The van der Waals surface area contributed by atoms with Gasteiger partial charge in [-0.15, -0.1) is 5.73 Å². The second-order valence-corrected chi connectivity index (χ2v) is 10.7. The van der Waals surface area contributed by atoms with Gasteiger partial charge in [0, 0.05) is 5.57 Å². The Labute approximate surface area is 203 Å². The molecule has 0 amide bonds. The Balaban J connectivity index is 1.77. The summed E-state index contributed by atoms with van der Waals surface area (Å²) >= 11 is 0. The molecule has 3 aliphatic rings. The summed E-state index contributed by atoms with van der Waals surface area (Å²) < 4.78 is 0. The summed E-state index contributed by atoms with van der Waals surface area (Å²) in [5.74, 6) is 0. The predicted molar refractivity (Wildman–Crippen MR) is 146 cm³/mol. The van der Waals surface area contributed by atoms with Gasteiger partial charge in [0.1, 0.15) is 0 Å². The van der Waals surface area contributed by atoms with Crippen molar-refractivity contribution in [2.45, 2.75) is 97.8 Å². The average molecular weight is 441 g/mol. The summed E-state index contributed by atoms with van der Waals surface area (Å²) in [6, 6.07) is 18.3. The molecule has 0 spiro atoms. The lowest BCUT2D eigenvalue weighted by Crippen LogP contribution is -2.07. The minimum absolute atomic E-state index is 0.0517. The number of rotatable bonds is 0. The molecule has 2 aromatic carbocycles. The third kappa shape index (κ3) is 9.23. The summed E-state index contributed by atoms with van der Waals surface area (Å²) in [6.07, 6.45) is 22.5. The summed E-state index contributed by atoms with van der Waals surface area (Å²) in [6.45, 7) is 6.85. The lowest BCUT2D eigenvalue weighted by Gasteiger charge is -2.21. The van der Waals surface area contributed by atoms with E-state index in [4.69, 9.17) is 0 Å². The smallest absolute Gasteiger partial charge is 0.00658 e. The van der Waals surface area contributed by atoms with Crippen LogP contribution in [0.3, 0.4) is 0 Å². The van der Waals surface area contributed by atoms with Crippen LogP contribution < -0.4 is 0 Å². The van der Waals surface area contributed by atoms with Gasteiger partial charge in [-0.1, -0.05) is 107 Å². The highest BCUT2D eigenvalue weighted by Crippen LogP contribution is 2.33. The molecule has 4 bridgehead atoms. The normalized spacial score (nSPS) is 18.3. The van der Waals surface area contributed by atoms with Crippen LogP contribution in [0.5, 0.6) is 0 Å².